The Morgan fingerprint density at radius 2 is 1.23 bits per heavy atom. The van der Waals surface area contributed by atoms with Crippen LogP contribution in [-0.2, 0) is 0 Å². The van der Waals surface area contributed by atoms with Crippen molar-refractivity contribution in [2.45, 2.75) is 90.9 Å². The summed E-state index contributed by atoms with van der Waals surface area (Å²) in [5.41, 5.74) is 2.18. The fraction of sp³-hybridized carbons (Fsp3) is 1.00. The minimum absolute atomic E-state index is 0.936. The Balaban J connectivity index is 1.88. The molecule has 3 saturated carbocycles. The second-order valence-electron chi connectivity index (χ2n) is 10.2. The maximum atomic E-state index is 2.80. The molecule has 0 N–H and O–H groups in total. The smallest absolute Gasteiger partial charge is 0.0546 e. The molecule has 0 nitrogen and oxygen atoms in total. The van der Waals surface area contributed by atoms with Crippen LogP contribution in [0.1, 0.15) is 66.7 Å². The molecule has 0 aromatic carbocycles. The molecule has 0 aliphatic heterocycles. The Labute approximate surface area is 140 Å². The molecule has 0 aromatic rings. The van der Waals surface area contributed by atoms with Crippen molar-refractivity contribution in [3.05, 3.63) is 0 Å². The zero-order chi connectivity index (χ0) is 16.2. The van der Waals surface area contributed by atoms with E-state index in [4.69, 9.17) is 0 Å². The molecule has 0 bridgehead atoms. The summed E-state index contributed by atoms with van der Waals surface area (Å²) in [5, 5.41) is 0. The van der Waals surface area contributed by atoms with Gasteiger partial charge < -0.3 is 0 Å². The summed E-state index contributed by atoms with van der Waals surface area (Å²) in [7, 11) is -1.22. The molecule has 3 fully saturated rings. The van der Waals surface area contributed by atoms with Crippen LogP contribution < -0.4 is 0 Å². The van der Waals surface area contributed by atoms with Gasteiger partial charge in [0.25, 0.3) is 0 Å². The van der Waals surface area contributed by atoms with Gasteiger partial charge in [0.2, 0.25) is 0 Å². The van der Waals surface area contributed by atoms with Crippen molar-refractivity contribution in [3.63, 3.8) is 0 Å². The van der Waals surface area contributed by atoms with Crippen LogP contribution in [0.4, 0.5) is 0 Å². The van der Waals surface area contributed by atoms with E-state index in [2.05, 4.69) is 47.7 Å². The summed E-state index contributed by atoms with van der Waals surface area (Å²) in [6.07, 6.45) is 7.73. The molecule has 0 saturated heterocycles. The Morgan fingerprint density at radius 1 is 0.682 bits per heavy atom. The van der Waals surface area contributed by atoms with Crippen molar-refractivity contribution in [3.8, 4) is 0 Å². The molecule has 8 atom stereocenters. The van der Waals surface area contributed by atoms with Crippen LogP contribution >= 0.6 is 0 Å². The second-order valence-corrected chi connectivity index (χ2v) is 15.2. The van der Waals surface area contributed by atoms with Crippen molar-refractivity contribution in [2.75, 3.05) is 0 Å². The van der Waals surface area contributed by atoms with Gasteiger partial charge in [0, 0.05) is 0 Å². The fourth-order valence-electron chi connectivity index (χ4n) is 8.00. The molecule has 0 amide bonds. The lowest BCUT2D eigenvalue weighted by atomic mass is 9.82. The number of hydrogen-bond donors (Lipinski definition) is 0. The fourth-order valence-corrected chi connectivity index (χ4v) is 14.9. The third-order valence-corrected chi connectivity index (χ3v) is 14.5. The van der Waals surface area contributed by atoms with Gasteiger partial charge in [0.05, 0.1) is 8.07 Å². The van der Waals surface area contributed by atoms with E-state index in [0.717, 1.165) is 52.5 Å². The summed E-state index contributed by atoms with van der Waals surface area (Å²) < 4.78 is 0. The highest BCUT2D eigenvalue weighted by atomic mass is 28.3. The first-order chi connectivity index (χ1) is 10.3. The predicted molar refractivity (Wildman–Crippen MR) is 101 cm³/mol. The van der Waals surface area contributed by atoms with E-state index in [-0.39, 0.29) is 0 Å². The van der Waals surface area contributed by atoms with Crippen LogP contribution in [0.3, 0.4) is 0 Å². The highest BCUT2D eigenvalue weighted by Gasteiger charge is 2.57. The summed E-state index contributed by atoms with van der Waals surface area (Å²) in [6.45, 7) is 18.5. The lowest BCUT2D eigenvalue weighted by Crippen LogP contribution is -2.46. The predicted octanol–water partition coefficient (Wildman–Crippen LogP) is 6.84. The average Bonchev–Trinajstić information content (AvgIpc) is 2.89. The van der Waals surface area contributed by atoms with E-state index >= 15 is 0 Å². The van der Waals surface area contributed by atoms with Gasteiger partial charge in [-0.25, -0.2) is 0 Å². The van der Waals surface area contributed by atoms with E-state index in [1.807, 2.05) is 0 Å². The second kappa shape index (κ2) is 5.94. The van der Waals surface area contributed by atoms with Crippen LogP contribution in [0.25, 0.3) is 0 Å². The Kier molecular flexibility index (Phi) is 4.60. The summed E-state index contributed by atoms with van der Waals surface area (Å²) >= 11 is 0. The Hall–Kier alpha value is 0.217. The minimum atomic E-state index is -1.22. The molecular formula is C21H40Si. The molecule has 1 heteroatoms. The van der Waals surface area contributed by atoms with Crippen LogP contribution in [0, 0.1) is 41.4 Å². The first-order valence-corrected chi connectivity index (χ1v) is 13.4. The van der Waals surface area contributed by atoms with Gasteiger partial charge in [-0.15, -0.1) is 0 Å². The number of fused-ring (bicyclic) bond motifs is 1. The molecule has 3 aliphatic carbocycles. The van der Waals surface area contributed by atoms with Crippen molar-refractivity contribution < 1.29 is 0 Å². The largest absolute Gasteiger partial charge is 0.0689 e. The number of hydrogen-bond acceptors (Lipinski definition) is 0. The van der Waals surface area contributed by atoms with E-state index in [9.17, 15) is 0 Å². The van der Waals surface area contributed by atoms with Gasteiger partial charge in [-0.1, -0.05) is 73.4 Å². The van der Waals surface area contributed by atoms with Crippen LogP contribution in [0.15, 0.2) is 0 Å². The molecule has 0 heterocycles. The lowest BCUT2D eigenvalue weighted by molar-refractivity contribution is 0.272. The van der Waals surface area contributed by atoms with E-state index in [1.165, 1.54) is 12.8 Å². The van der Waals surface area contributed by atoms with E-state index < -0.39 is 8.07 Å². The highest BCUT2D eigenvalue weighted by Crippen LogP contribution is 2.63. The maximum Gasteiger partial charge on any atom is 0.0546 e. The van der Waals surface area contributed by atoms with Crippen LogP contribution in [-0.4, -0.2) is 8.07 Å². The SMILES string of the molecule is CC1CC2CCCCC2C1[Si](C)(C)C1C(C)C(C)C(C)C1C. The first kappa shape index (κ1) is 17.1. The van der Waals surface area contributed by atoms with Crippen molar-refractivity contribution in [1.82, 2.24) is 0 Å². The van der Waals surface area contributed by atoms with Crippen molar-refractivity contribution >= 4 is 8.07 Å². The average molecular weight is 321 g/mol. The van der Waals surface area contributed by atoms with Gasteiger partial charge in [-0.2, -0.15) is 0 Å². The zero-order valence-corrected chi connectivity index (χ0v) is 17.2. The molecular weight excluding hydrogens is 280 g/mol. The molecule has 8 unspecified atom stereocenters. The van der Waals surface area contributed by atoms with Crippen LogP contribution in [0.2, 0.25) is 24.2 Å². The van der Waals surface area contributed by atoms with E-state index in [1.54, 1.807) is 19.3 Å². The first-order valence-electron chi connectivity index (χ1n) is 10.3. The van der Waals surface area contributed by atoms with Gasteiger partial charge in [0.15, 0.2) is 0 Å². The van der Waals surface area contributed by atoms with Crippen molar-refractivity contribution in [2.24, 2.45) is 41.4 Å². The maximum absolute atomic E-state index is 2.80. The normalized spacial score (nSPS) is 52.8. The Morgan fingerprint density at radius 3 is 1.82 bits per heavy atom. The van der Waals surface area contributed by atoms with Gasteiger partial charge in [-0.05, 0) is 58.9 Å². The molecule has 128 valence electrons. The lowest BCUT2D eigenvalue weighted by Gasteiger charge is -2.46. The van der Waals surface area contributed by atoms with Crippen LogP contribution in [0.5, 0.6) is 0 Å². The molecule has 0 spiro atoms. The topological polar surface area (TPSA) is 0 Å². The highest BCUT2D eigenvalue weighted by molar-refractivity contribution is 6.80. The number of rotatable bonds is 2. The standard InChI is InChI=1S/C21H40Si/c1-13-12-18-10-8-9-11-19(18)20(13)22(6,7)21-16(4)14(2)15(3)17(21)5/h13-21H,8-12H2,1-7H3. The molecule has 0 aromatic heterocycles. The zero-order valence-electron chi connectivity index (χ0n) is 16.2. The third-order valence-electron chi connectivity index (χ3n) is 9.06. The monoisotopic (exact) mass is 320 g/mol. The summed E-state index contributed by atoms with van der Waals surface area (Å²) in [6, 6.07) is 0. The molecule has 3 aliphatic rings. The van der Waals surface area contributed by atoms with Gasteiger partial charge in [-0.3, -0.25) is 0 Å². The molecule has 0 radical (unpaired) electrons. The Bertz CT molecular complexity index is 387. The quantitative estimate of drug-likeness (QED) is 0.489. The molecule has 3 rings (SSSR count). The minimum Gasteiger partial charge on any atom is -0.0689 e. The van der Waals surface area contributed by atoms with Crippen molar-refractivity contribution in [1.29, 1.82) is 0 Å². The summed E-state index contributed by atoms with van der Waals surface area (Å²) in [5.74, 6) is 7.01. The third kappa shape index (κ3) is 2.45. The molecule has 22 heavy (non-hydrogen) atoms. The van der Waals surface area contributed by atoms with Gasteiger partial charge in [0.1, 0.15) is 0 Å². The van der Waals surface area contributed by atoms with E-state index in [0.29, 0.717) is 0 Å². The summed E-state index contributed by atoms with van der Waals surface area (Å²) in [4.78, 5) is 0. The van der Waals surface area contributed by atoms with Gasteiger partial charge >= 0.3 is 0 Å².